The number of nitrogens with one attached hydrogen (secondary N) is 1. The smallest absolute Gasteiger partial charge is 0.407 e. The van der Waals surface area contributed by atoms with Gasteiger partial charge in [-0.15, -0.1) is 0 Å². The molecule has 0 aliphatic carbocycles. The number of nitrogens with zero attached hydrogens (tertiary/aromatic N) is 3. The van der Waals surface area contributed by atoms with E-state index in [1.165, 1.54) is 4.90 Å². The number of aromatic nitrogens is 1. The van der Waals surface area contributed by atoms with Crippen LogP contribution in [0.5, 0.6) is 0 Å². The summed E-state index contributed by atoms with van der Waals surface area (Å²) in [7, 11) is 0. The first-order valence-corrected chi connectivity index (χ1v) is 9.82. The average Bonchev–Trinajstić information content (AvgIpc) is 3.37. The molecular weight excluding hydrogens is 372 g/mol. The second kappa shape index (κ2) is 8.08. The van der Waals surface area contributed by atoms with Crippen LogP contribution in [0.2, 0.25) is 0 Å². The van der Waals surface area contributed by atoms with E-state index in [-0.39, 0.29) is 19.5 Å². The molecule has 0 saturated carbocycles. The Kier molecular flexibility index (Phi) is 5.35. The van der Waals surface area contributed by atoms with Crippen molar-refractivity contribution < 1.29 is 19.4 Å². The van der Waals surface area contributed by atoms with E-state index in [1.54, 1.807) is 24.3 Å². The van der Waals surface area contributed by atoms with Crippen LogP contribution < -0.4 is 15.1 Å². The predicted octanol–water partition coefficient (Wildman–Crippen LogP) is 2.03. The van der Waals surface area contributed by atoms with E-state index in [2.05, 4.69) is 15.2 Å². The molecule has 29 heavy (non-hydrogen) atoms. The minimum atomic E-state index is -2.16. The third kappa shape index (κ3) is 4.17. The van der Waals surface area contributed by atoms with Gasteiger partial charge in [-0.05, 0) is 37.1 Å². The minimum absolute atomic E-state index is 0.0108. The fraction of sp³-hybridized carbons (Fsp3) is 0.381. The van der Waals surface area contributed by atoms with Crippen molar-refractivity contribution in [3.05, 3.63) is 54.2 Å². The number of hydrogen-bond donors (Lipinski definition) is 2. The number of ether oxygens (including phenoxy) is 1. The molecule has 8 heteroatoms. The van der Waals surface area contributed by atoms with E-state index in [0.29, 0.717) is 11.4 Å². The lowest BCUT2D eigenvalue weighted by Crippen LogP contribution is -2.46. The molecule has 1 aromatic heterocycles. The number of anilines is 2. The van der Waals surface area contributed by atoms with Crippen molar-refractivity contribution >= 4 is 23.5 Å². The highest BCUT2D eigenvalue weighted by Gasteiger charge is 2.49. The number of alkyl carbamates (subject to hydrolysis) is 1. The number of carbonyl (C=O) groups excluding carboxylic acids is 2. The normalized spacial score (nSPS) is 21.5. The third-order valence-corrected chi connectivity index (χ3v) is 5.22. The number of aliphatic hydroxyl groups is 1. The Balaban J connectivity index is 1.34. The molecule has 8 nitrogen and oxygen atoms in total. The summed E-state index contributed by atoms with van der Waals surface area (Å²) in [6.45, 7) is 2.39. The summed E-state index contributed by atoms with van der Waals surface area (Å²) in [5.41, 5.74) is 1.34. The average molecular weight is 396 g/mol. The summed E-state index contributed by atoms with van der Waals surface area (Å²) in [4.78, 5) is 33.0. The Morgan fingerprint density at radius 1 is 1.10 bits per heavy atom. The fourth-order valence-electron chi connectivity index (χ4n) is 3.67. The first-order chi connectivity index (χ1) is 14.0. The number of carbonyl (C=O) groups is 2. The van der Waals surface area contributed by atoms with Crippen LogP contribution in [0.4, 0.5) is 16.3 Å². The van der Waals surface area contributed by atoms with Crippen molar-refractivity contribution in [2.75, 3.05) is 29.4 Å². The molecule has 0 bridgehead atoms. The molecule has 2 N–H and O–H groups in total. The van der Waals surface area contributed by atoms with Crippen LogP contribution in [-0.2, 0) is 16.1 Å². The van der Waals surface area contributed by atoms with Gasteiger partial charge in [0, 0.05) is 31.7 Å². The first-order valence-electron chi connectivity index (χ1n) is 9.82. The van der Waals surface area contributed by atoms with E-state index in [4.69, 9.17) is 4.74 Å². The lowest BCUT2D eigenvalue weighted by Gasteiger charge is -2.22. The third-order valence-electron chi connectivity index (χ3n) is 5.22. The molecule has 2 aliphatic heterocycles. The molecule has 152 valence electrons. The molecule has 2 saturated heterocycles. The van der Waals surface area contributed by atoms with E-state index >= 15 is 0 Å². The fourth-order valence-corrected chi connectivity index (χ4v) is 3.67. The highest BCUT2D eigenvalue weighted by Crippen LogP contribution is 2.29. The summed E-state index contributed by atoms with van der Waals surface area (Å²) < 4.78 is 5.09. The van der Waals surface area contributed by atoms with Gasteiger partial charge in [0.2, 0.25) is 0 Å². The number of para-hydroxylation sites is 1. The van der Waals surface area contributed by atoms with Gasteiger partial charge in [-0.3, -0.25) is 4.79 Å². The molecule has 2 aliphatic rings. The van der Waals surface area contributed by atoms with Crippen molar-refractivity contribution in [1.82, 2.24) is 10.3 Å². The van der Waals surface area contributed by atoms with Crippen LogP contribution in [0.3, 0.4) is 0 Å². The summed E-state index contributed by atoms with van der Waals surface area (Å²) in [6.07, 6.45) is 1.47. The molecule has 2 aromatic rings. The molecule has 4 rings (SSSR count). The lowest BCUT2D eigenvalue weighted by molar-refractivity contribution is -0.175. The number of benzene rings is 1. The van der Waals surface area contributed by atoms with Gasteiger partial charge in [-0.1, -0.05) is 24.3 Å². The highest BCUT2D eigenvalue weighted by molar-refractivity contribution is 6.01. The van der Waals surface area contributed by atoms with Crippen LogP contribution in [0.1, 0.15) is 25.0 Å². The molecule has 2 amide bonds. The van der Waals surface area contributed by atoms with Crippen molar-refractivity contribution in [2.24, 2.45) is 0 Å². The SMILES string of the molecule is O=C(NCc1cccc(N2CCCC2)n1)O[C@@]1(O)CCN(c2ccccc2)C1=O. The Morgan fingerprint density at radius 3 is 2.62 bits per heavy atom. The van der Waals surface area contributed by atoms with Crippen molar-refractivity contribution in [1.29, 1.82) is 0 Å². The van der Waals surface area contributed by atoms with Crippen LogP contribution in [0, 0.1) is 0 Å². The number of hydrogen-bond acceptors (Lipinski definition) is 6. The van der Waals surface area contributed by atoms with Gasteiger partial charge in [0.1, 0.15) is 5.82 Å². The predicted molar refractivity (Wildman–Crippen MR) is 107 cm³/mol. The zero-order valence-corrected chi connectivity index (χ0v) is 16.1. The van der Waals surface area contributed by atoms with Gasteiger partial charge in [0.25, 0.3) is 11.7 Å². The molecule has 0 unspecified atom stereocenters. The van der Waals surface area contributed by atoms with Gasteiger partial charge in [-0.2, -0.15) is 0 Å². The van der Waals surface area contributed by atoms with Crippen LogP contribution in [0.25, 0.3) is 0 Å². The number of rotatable bonds is 5. The lowest BCUT2D eigenvalue weighted by atomic mass is 10.2. The molecule has 3 heterocycles. The maximum atomic E-state index is 12.6. The topological polar surface area (TPSA) is 95.0 Å². The molecule has 1 atom stereocenters. The largest absolute Gasteiger partial charge is 0.410 e. The Hall–Kier alpha value is -3.13. The molecular formula is C21H24N4O4. The second-order valence-corrected chi connectivity index (χ2v) is 7.25. The molecule has 1 aromatic carbocycles. The quantitative estimate of drug-likeness (QED) is 0.751. The van der Waals surface area contributed by atoms with Gasteiger partial charge in [0.05, 0.1) is 12.2 Å². The van der Waals surface area contributed by atoms with Gasteiger partial charge in [0.15, 0.2) is 0 Å². The maximum absolute atomic E-state index is 12.6. The Labute approximate surface area is 169 Å². The zero-order valence-electron chi connectivity index (χ0n) is 16.1. The van der Waals surface area contributed by atoms with Crippen molar-refractivity contribution in [3.8, 4) is 0 Å². The van der Waals surface area contributed by atoms with Gasteiger partial charge >= 0.3 is 6.09 Å². The Bertz CT molecular complexity index is 885. The number of pyridine rings is 1. The van der Waals surface area contributed by atoms with Crippen molar-refractivity contribution in [2.45, 2.75) is 31.6 Å². The second-order valence-electron chi connectivity index (χ2n) is 7.25. The summed E-state index contributed by atoms with van der Waals surface area (Å²) in [5, 5.41) is 13.1. The van der Waals surface area contributed by atoms with E-state index in [1.807, 2.05) is 24.3 Å². The summed E-state index contributed by atoms with van der Waals surface area (Å²) in [6, 6.07) is 14.6. The standard InChI is InChI=1S/C21H24N4O4/c26-19-21(28,11-14-25(19)17-8-2-1-3-9-17)29-20(27)22-15-16-7-6-10-18(23-16)24-12-4-5-13-24/h1-3,6-10,28H,4-5,11-15H2,(H,22,27)/t21-/m0/s1. The van der Waals surface area contributed by atoms with E-state index in [0.717, 1.165) is 31.7 Å². The monoisotopic (exact) mass is 396 g/mol. The van der Waals surface area contributed by atoms with E-state index in [9.17, 15) is 14.7 Å². The van der Waals surface area contributed by atoms with Crippen LogP contribution in [0.15, 0.2) is 48.5 Å². The molecule has 0 radical (unpaired) electrons. The minimum Gasteiger partial charge on any atom is -0.407 e. The summed E-state index contributed by atoms with van der Waals surface area (Å²) in [5.74, 6) is -1.92. The maximum Gasteiger partial charge on any atom is 0.410 e. The van der Waals surface area contributed by atoms with Gasteiger partial charge < -0.3 is 25.0 Å². The van der Waals surface area contributed by atoms with Gasteiger partial charge in [-0.25, -0.2) is 9.78 Å². The van der Waals surface area contributed by atoms with E-state index < -0.39 is 17.8 Å². The first kappa shape index (κ1) is 19.2. The summed E-state index contributed by atoms with van der Waals surface area (Å²) >= 11 is 0. The number of amides is 2. The highest BCUT2D eigenvalue weighted by atomic mass is 16.7. The zero-order chi connectivity index (χ0) is 20.3. The van der Waals surface area contributed by atoms with Crippen LogP contribution in [-0.4, -0.2) is 47.5 Å². The van der Waals surface area contributed by atoms with Crippen molar-refractivity contribution in [3.63, 3.8) is 0 Å². The molecule has 2 fully saturated rings. The van der Waals surface area contributed by atoms with Crippen LogP contribution >= 0.6 is 0 Å². The molecule has 0 spiro atoms. The Morgan fingerprint density at radius 2 is 1.86 bits per heavy atom.